The third-order valence-electron chi connectivity index (χ3n) is 5.18. The van der Waals surface area contributed by atoms with Gasteiger partial charge in [-0.2, -0.15) is 0 Å². The second-order valence-corrected chi connectivity index (χ2v) is 8.66. The number of benzene rings is 2. The zero-order valence-corrected chi connectivity index (χ0v) is 19.3. The van der Waals surface area contributed by atoms with Crippen LogP contribution in [-0.2, 0) is 17.9 Å². The van der Waals surface area contributed by atoms with Gasteiger partial charge in [0.2, 0.25) is 5.91 Å². The zero-order valence-electron chi connectivity index (χ0n) is 17.7. The number of aryl methyl sites for hydroxylation is 1. The van der Waals surface area contributed by atoms with Crippen molar-refractivity contribution in [2.45, 2.75) is 20.0 Å². The van der Waals surface area contributed by atoms with Crippen LogP contribution in [0.25, 0.3) is 10.2 Å². The van der Waals surface area contributed by atoms with Crippen molar-refractivity contribution in [3.05, 3.63) is 90.6 Å². The molecule has 7 nitrogen and oxygen atoms in total. The summed E-state index contributed by atoms with van der Waals surface area (Å²) in [6, 6.07) is 10.8. The first kappa shape index (κ1) is 22.8. The first-order valence-corrected chi connectivity index (χ1v) is 11.1. The van der Waals surface area contributed by atoms with Crippen molar-refractivity contribution in [2.24, 2.45) is 0 Å². The number of aromatic nitrogens is 2. The number of fused-ring (bicyclic) bond motifs is 1. The smallest absolute Gasteiger partial charge is 0.332 e. The van der Waals surface area contributed by atoms with Crippen LogP contribution in [0, 0.1) is 12.7 Å². The molecule has 1 amide bonds. The lowest BCUT2D eigenvalue weighted by Crippen LogP contribution is -2.41. The molecule has 0 spiro atoms. The minimum Gasteiger partial charge on any atom is -0.495 e. The van der Waals surface area contributed by atoms with Gasteiger partial charge in [0.05, 0.1) is 24.9 Å². The van der Waals surface area contributed by atoms with E-state index < -0.39 is 23.0 Å². The van der Waals surface area contributed by atoms with Crippen molar-refractivity contribution in [3.63, 3.8) is 0 Å². The number of methoxy groups -OCH3 is 1. The molecule has 4 aromatic rings. The van der Waals surface area contributed by atoms with Gasteiger partial charge >= 0.3 is 5.69 Å². The van der Waals surface area contributed by atoms with Crippen LogP contribution in [0.5, 0.6) is 5.75 Å². The highest BCUT2D eigenvalue weighted by molar-refractivity contribution is 7.17. The monoisotopic (exact) mass is 487 g/mol. The number of rotatable bonds is 6. The fraction of sp³-hybridized carbons (Fsp3) is 0.174. The summed E-state index contributed by atoms with van der Waals surface area (Å²) in [5.41, 5.74) is 0.449. The predicted octanol–water partition coefficient (Wildman–Crippen LogP) is 4.02. The molecular formula is C23H19ClFN3O4S. The molecule has 0 atom stereocenters. The number of hydrogen-bond donors (Lipinski definition) is 1. The van der Waals surface area contributed by atoms with E-state index in [0.29, 0.717) is 26.7 Å². The first-order chi connectivity index (χ1) is 15.8. The third kappa shape index (κ3) is 4.42. The Bertz CT molecular complexity index is 1490. The molecule has 0 saturated carbocycles. The number of ether oxygens (including phenoxy) is 1. The Morgan fingerprint density at radius 2 is 1.94 bits per heavy atom. The third-order valence-corrected chi connectivity index (χ3v) is 6.48. The van der Waals surface area contributed by atoms with Crippen LogP contribution in [0.2, 0.25) is 5.02 Å². The van der Waals surface area contributed by atoms with Crippen LogP contribution in [0.3, 0.4) is 0 Å². The van der Waals surface area contributed by atoms with Gasteiger partial charge in [-0.15, -0.1) is 11.3 Å². The molecule has 33 heavy (non-hydrogen) atoms. The molecule has 0 radical (unpaired) electrons. The van der Waals surface area contributed by atoms with Crippen LogP contribution >= 0.6 is 22.9 Å². The van der Waals surface area contributed by atoms with Gasteiger partial charge in [0.25, 0.3) is 5.56 Å². The van der Waals surface area contributed by atoms with Gasteiger partial charge in [0, 0.05) is 16.7 Å². The van der Waals surface area contributed by atoms with Gasteiger partial charge in [-0.05, 0) is 36.1 Å². The van der Waals surface area contributed by atoms with E-state index >= 15 is 0 Å². The summed E-state index contributed by atoms with van der Waals surface area (Å²) >= 11 is 7.27. The van der Waals surface area contributed by atoms with Gasteiger partial charge < -0.3 is 10.1 Å². The molecule has 1 N–H and O–H groups in total. The molecule has 2 heterocycles. The summed E-state index contributed by atoms with van der Waals surface area (Å²) in [7, 11) is 1.45. The Kier molecular flexibility index (Phi) is 6.35. The Hall–Kier alpha value is -3.43. The van der Waals surface area contributed by atoms with Crippen LogP contribution in [0.4, 0.5) is 10.1 Å². The average Bonchev–Trinajstić information content (AvgIpc) is 3.28. The molecule has 170 valence electrons. The Labute approximate surface area is 196 Å². The Morgan fingerprint density at radius 3 is 2.67 bits per heavy atom. The molecule has 2 aromatic carbocycles. The van der Waals surface area contributed by atoms with Gasteiger partial charge in [0.15, 0.2) is 0 Å². The van der Waals surface area contributed by atoms with Crippen molar-refractivity contribution >= 4 is 44.7 Å². The van der Waals surface area contributed by atoms with E-state index in [1.165, 1.54) is 29.9 Å². The van der Waals surface area contributed by atoms with E-state index in [2.05, 4.69) is 5.32 Å². The molecule has 4 rings (SSSR count). The van der Waals surface area contributed by atoms with E-state index in [4.69, 9.17) is 16.3 Å². The summed E-state index contributed by atoms with van der Waals surface area (Å²) in [5.74, 6) is -0.651. The summed E-state index contributed by atoms with van der Waals surface area (Å²) in [6.45, 7) is 1.19. The highest BCUT2D eigenvalue weighted by atomic mass is 35.5. The highest BCUT2D eigenvalue weighted by Crippen LogP contribution is 2.31. The lowest BCUT2D eigenvalue weighted by Gasteiger charge is -2.15. The largest absolute Gasteiger partial charge is 0.495 e. The number of thiophene rings is 1. The lowest BCUT2D eigenvalue weighted by atomic mass is 10.2. The van der Waals surface area contributed by atoms with E-state index in [0.717, 1.165) is 21.5 Å². The van der Waals surface area contributed by atoms with E-state index in [1.807, 2.05) is 0 Å². The van der Waals surface area contributed by atoms with E-state index in [9.17, 15) is 18.8 Å². The normalized spacial score (nSPS) is 11.0. The van der Waals surface area contributed by atoms with E-state index in [1.54, 1.807) is 36.6 Å². The molecule has 0 unspecified atom stereocenters. The van der Waals surface area contributed by atoms with Crippen molar-refractivity contribution in [1.82, 2.24) is 9.13 Å². The maximum absolute atomic E-state index is 14.2. The molecule has 10 heteroatoms. The fourth-order valence-corrected chi connectivity index (χ4v) is 4.48. The molecule has 0 saturated heterocycles. The fourth-order valence-electron chi connectivity index (χ4n) is 3.49. The van der Waals surface area contributed by atoms with Crippen molar-refractivity contribution in [3.8, 4) is 5.75 Å². The molecular weight excluding hydrogens is 469 g/mol. The number of halogens is 2. The Balaban J connectivity index is 1.73. The Morgan fingerprint density at radius 1 is 1.18 bits per heavy atom. The number of hydrogen-bond acceptors (Lipinski definition) is 5. The van der Waals surface area contributed by atoms with Crippen LogP contribution in [0.15, 0.2) is 57.4 Å². The number of nitrogens with zero attached hydrogens (tertiary/aromatic N) is 2. The SMILES string of the molecule is COc1cc(Cl)c(C)cc1NC(=O)Cn1c(=O)n(Cc2ccccc2F)c(=O)c2sccc21. The van der Waals surface area contributed by atoms with Crippen molar-refractivity contribution < 1.29 is 13.9 Å². The molecule has 0 aliphatic carbocycles. The summed E-state index contributed by atoms with van der Waals surface area (Å²) in [5, 5.41) is 4.88. The molecule has 0 bridgehead atoms. The quantitative estimate of drug-likeness (QED) is 0.445. The second kappa shape index (κ2) is 9.21. The summed E-state index contributed by atoms with van der Waals surface area (Å²) < 4.78 is 21.9. The predicted molar refractivity (Wildman–Crippen MR) is 127 cm³/mol. The average molecular weight is 488 g/mol. The van der Waals surface area contributed by atoms with Gasteiger partial charge in [-0.1, -0.05) is 29.8 Å². The maximum Gasteiger partial charge on any atom is 0.332 e. The molecule has 0 fully saturated rings. The summed E-state index contributed by atoms with van der Waals surface area (Å²) in [4.78, 5) is 39.0. The van der Waals surface area contributed by atoms with Crippen LogP contribution < -0.4 is 21.3 Å². The van der Waals surface area contributed by atoms with E-state index in [-0.39, 0.29) is 18.7 Å². The number of nitrogens with one attached hydrogen (secondary N) is 1. The standard InChI is InChI=1S/C23H19ClFN3O4S/c1-13-9-17(19(32-2)10-15(13)24)26-20(29)12-27-18-7-8-33-21(18)22(30)28(23(27)31)11-14-5-3-4-6-16(14)25/h3-10H,11-12H2,1-2H3,(H,26,29). The first-order valence-electron chi connectivity index (χ1n) is 9.88. The van der Waals surface area contributed by atoms with Crippen molar-refractivity contribution in [1.29, 1.82) is 0 Å². The zero-order chi connectivity index (χ0) is 23.7. The topological polar surface area (TPSA) is 82.3 Å². The van der Waals surface area contributed by atoms with Crippen molar-refractivity contribution in [2.75, 3.05) is 12.4 Å². The molecule has 0 aliphatic rings. The number of amides is 1. The van der Waals surface area contributed by atoms with Crippen LogP contribution in [0.1, 0.15) is 11.1 Å². The number of anilines is 1. The number of carbonyl (C=O) groups excluding carboxylic acids is 1. The van der Waals surface area contributed by atoms with Crippen LogP contribution in [-0.4, -0.2) is 22.2 Å². The molecule has 2 aromatic heterocycles. The second-order valence-electron chi connectivity index (χ2n) is 7.34. The van der Waals surface area contributed by atoms with Gasteiger partial charge in [0.1, 0.15) is 22.8 Å². The van der Waals surface area contributed by atoms with Gasteiger partial charge in [-0.25, -0.2) is 9.18 Å². The lowest BCUT2D eigenvalue weighted by molar-refractivity contribution is -0.116. The maximum atomic E-state index is 14.2. The highest BCUT2D eigenvalue weighted by Gasteiger charge is 2.18. The number of carbonyl (C=O) groups is 1. The molecule has 0 aliphatic heterocycles. The van der Waals surface area contributed by atoms with Gasteiger partial charge in [-0.3, -0.25) is 18.7 Å². The summed E-state index contributed by atoms with van der Waals surface area (Å²) in [6.07, 6.45) is 0. The minimum atomic E-state index is -0.705. The minimum absolute atomic E-state index is 0.199.